The molecule has 0 saturated carbocycles. The molecule has 0 radical (unpaired) electrons. The summed E-state index contributed by atoms with van der Waals surface area (Å²) in [7, 11) is 0. The van der Waals surface area contributed by atoms with Gasteiger partial charge in [0.25, 0.3) is 5.95 Å². The quantitative estimate of drug-likeness (QED) is 0.550. The van der Waals surface area contributed by atoms with E-state index in [1.807, 2.05) is 28.8 Å². The highest BCUT2D eigenvalue weighted by Gasteiger charge is 2.13. The summed E-state index contributed by atoms with van der Waals surface area (Å²) in [5.41, 5.74) is 2.17. The molecule has 86 valence electrons. The van der Waals surface area contributed by atoms with Gasteiger partial charge >= 0.3 is 0 Å². The number of tetrazole rings is 1. The highest BCUT2D eigenvalue weighted by Crippen LogP contribution is 2.29. The van der Waals surface area contributed by atoms with Gasteiger partial charge in [-0.2, -0.15) is 5.21 Å². The molecule has 1 N–H and O–H groups in total. The van der Waals surface area contributed by atoms with Crippen molar-refractivity contribution in [1.82, 2.24) is 25.2 Å². The fourth-order valence-electron chi connectivity index (χ4n) is 2.39. The van der Waals surface area contributed by atoms with E-state index in [1.165, 1.54) is 10.8 Å². The first-order valence-corrected chi connectivity index (χ1v) is 5.67. The number of fused-ring (bicyclic) bond motifs is 3. The normalized spacial score (nSPS) is 11.3. The molecule has 0 amide bonds. The zero-order valence-electron chi connectivity index (χ0n) is 9.41. The maximum Gasteiger partial charge on any atom is 0.274 e. The molecule has 4 rings (SSSR count). The van der Waals surface area contributed by atoms with Crippen LogP contribution >= 0.6 is 0 Å². The maximum absolute atomic E-state index is 4.07. The number of para-hydroxylation sites is 2. The van der Waals surface area contributed by atoms with Crippen LogP contribution in [0.2, 0.25) is 0 Å². The van der Waals surface area contributed by atoms with Crippen molar-refractivity contribution in [3.05, 3.63) is 48.5 Å². The van der Waals surface area contributed by atoms with Crippen LogP contribution in [0.1, 0.15) is 0 Å². The van der Waals surface area contributed by atoms with Crippen LogP contribution in [0.25, 0.3) is 27.8 Å². The van der Waals surface area contributed by atoms with Gasteiger partial charge < -0.3 is 0 Å². The summed E-state index contributed by atoms with van der Waals surface area (Å²) in [5, 5.41) is 16.7. The Kier molecular flexibility index (Phi) is 1.77. The van der Waals surface area contributed by atoms with E-state index in [1.54, 1.807) is 0 Å². The third kappa shape index (κ3) is 1.13. The highest BCUT2D eigenvalue weighted by molar-refractivity contribution is 6.08. The zero-order chi connectivity index (χ0) is 11.9. The lowest BCUT2D eigenvalue weighted by atomic mass is 10.2. The Labute approximate surface area is 102 Å². The van der Waals surface area contributed by atoms with E-state index in [0.29, 0.717) is 5.95 Å². The molecule has 0 aliphatic heterocycles. The summed E-state index contributed by atoms with van der Waals surface area (Å²) in [6, 6.07) is 16.4. The molecule has 5 heteroatoms. The zero-order valence-corrected chi connectivity index (χ0v) is 9.41. The predicted molar refractivity (Wildman–Crippen MR) is 68.5 cm³/mol. The van der Waals surface area contributed by atoms with Gasteiger partial charge in [0.15, 0.2) is 0 Å². The van der Waals surface area contributed by atoms with Gasteiger partial charge in [-0.3, -0.25) is 4.57 Å². The summed E-state index contributed by atoms with van der Waals surface area (Å²) in [6.07, 6.45) is 0. The number of nitrogens with one attached hydrogen (secondary N) is 1. The number of hydrogen-bond acceptors (Lipinski definition) is 3. The van der Waals surface area contributed by atoms with E-state index >= 15 is 0 Å². The second-order valence-corrected chi connectivity index (χ2v) is 4.08. The third-order valence-corrected chi connectivity index (χ3v) is 3.11. The first kappa shape index (κ1) is 9.35. The minimum absolute atomic E-state index is 0.562. The standard InChI is InChI=1S/C13H9N5/c1-3-7-11-9(5-1)10-6-2-4-8-12(10)18(11)13-14-16-17-15-13/h1-8H,(H,14,15,16,17). The Hall–Kier alpha value is -2.69. The topological polar surface area (TPSA) is 59.4 Å². The van der Waals surface area contributed by atoms with Crippen LogP contribution in [0.4, 0.5) is 0 Å². The lowest BCUT2D eigenvalue weighted by molar-refractivity contribution is 0.881. The van der Waals surface area contributed by atoms with Crippen LogP contribution in [0, 0.1) is 0 Å². The molecule has 2 aromatic carbocycles. The summed E-state index contributed by atoms with van der Waals surface area (Å²) in [5.74, 6) is 0.562. The molecule has 0 bridgehead atoms. The van der Waals surface area contributed by atoms with E-state index in [0.717, 1.165) is 11.0 Å². The lowest BCUT2D eigenvalue weighted by Gasteiger charge is -1.99. The smallest absolute Gasteiger partial charge is 0.274 e. The van der Waals surface area contributed by atoms with Crippen molar-refractivity contribution < 1.29 is 0 Å². The molecule has 0 spiro atoms. The molecule has 5 nitrogen and oxygen atoms in total. The van der Waals surface area contributed by atoms with Crippen LogP contribution in [-0.2, 0) is 0 Å². The molecular formula is C13H9N5. The average Bonchev–Trinajstić information content (AvgIpc) is 3.03. The van der Waals surface area contributed by atoms with Crippen molar-refractivity contribution >= 4 is 21.8 Å². The molecule has 0 aliphatic carbocycles. The Morgan fingerprint density at radius 3 is 2.00 bits per heavy atom. The predicted octanol–water partition coefficient (Wildman–Crippen LogP) is 2.30. The van der Waals surface area contributed by atoms with Gasteiger partial charge in [0.2, 0.25) is 0 Å². The number of nitrogens with zero attached hydrogens (tertiary/aromatic N) is 4. The van der Waals surface area contributed by atoms with Gasteiger partial charge in [-0.05, 0) is 17.3 Å². The molecule has 0 fully saturated rings. The van der Waals surface area contributed by atoms with Crippen LogP contribution in [0.15, 0.2) is 48.5 Å². The van der Waals surface area contributed by atoms with E-state index in [2.05, 4.69) is 44.9 Å². The van der Waals surface area contributed by atoms with E-state index in [-0.39, 0.29) is 0 Å². The van der Waals surface area contributed by atoms with Crippen LogP contribution in [-0.4, -0.2) is 25.2 Å². The molecule has 2 aromatic heterocycles. The van der Waals surface area contributed by atoms with Crippen LogP contribution in [0.3, 0.4) is 0 Å². The number of H-pyrrole nitrogens is 1. The molecule has 0 atom stereocenters. The number of aromatic amines is 1. The van der Waals surface area contributed by atoms with Crippen LogP contribution < -0.4 is 0 Å². The summed E-state index contributed by atoms with van der Waals surface area (Å²) >= 11 is 0. The monoisotopic (exact) mass is 235 g/mol. The second kappa shape index (κ2) is 3.40. The highest BCUT2D eigenvalue weighted by atomic mass is 15.5. The number of aromatic nitrogens is 5. The van der Waals surface area contributed by atoms with Crippen LogP contribution in [0.5, 0.6) is 0 Å². The fourth-order valence-corrected chi connectivity index (χ4v) is 2.39. The molecule has 0 aliphatic rings. The van der Waals surface area contributed by atoms with Crippen molar-refractivity contribution in [2.45, 2.75) is 0 Å². The van der Waals surface area contributed by atoms with Gasteiger partial charge in [0.1, 0.15) is 0 Å². The van der Waals surface area contributed by atoms with Crippen molar-refractivity contribution in [3.63, 3.8) is 0 Å². The van der Waals surface area contributed by atoms with Gasteiger partial charge in [0.05, 0.1) is 11.0 Å². The Bertz CT molecular complexity index is 776. The maximum atomic E-state index is 4.07. The molecule has 0 unspecified atom stereocenters. The van der Waals surface area contributed by atoms with Crippen molar-refractivity contribution in [1.29, 1.82) is 0 Å². The summed E-state index contributed by atoms with van der Waals surface area (Å²) in [4.78, 5) is 0. The van der Waals surface area contributed by atoms with E-state index in [4.69, 9.17) is 0 Å². The molecule has 2 heterocycles. The fraction of sp³-hybridized carbons (Fsp3) is 0. The first-order chi connectivity index (χ1) is 8.95. The number of hydrogen-bond donors (Lipinski definition) is 1. The Balaban J connectivity index is 2.28. The number of benzene rings is 2. The second-order valence-electron chi connectivity index (χ2n) is 4.08. The molecule has 0 saturated heterocycles. The molecule has 4 aromatic rings. The van der Waals surface area contributed by atoms with Crippen molar-refractivity contribution in [2.24, 2.45) is 0 Å². The van der Waals surface area contributed by atoms with E-state index < -0.39 is 0 Å². The largest absolute Gasteiger partial charge is 0.275 e. The van der Waals surface area contributed by atoms with Gasteiger partial charge in [0, 0.05) is 10.8 Å². The minimum atomic E-state index is 0.562. The average molecular weight is 235 g/mol. The SMILES string of the molecule is c1ccc2c(c1)c1ccccc1n2-c1nn[nH]n1. The molecule has 18 heavy (non-hydrogen) atoms. The summed E-state index contributed by atoms with van der Waals surface area (Å²) < 4.78 is 2.01. The number of rotatable bonds is 1. The third-order valence-electron chi connectivity index (χ3n) is 3.11. The van der Waals surface area contributed by atoms with Gasteiger partial charge in [-0.1, -0.05) is 41.5 Å². The van der Waals surface area contributed by atoms with Crippen molar-refractivity contribution in [2.75, 3.05) is 0 Å². The summed E-state index contributed by atoms with van der Waals surface area (Å²) in [6.45, 7) is 0. The van der Waals surface area contributed by atoms with Crippen molar-refractivity contribution in [3.8, 4) is 5.95 Å². The Morgan fingerprint density at radius 2 is 1.44 bits per heavy atom. The Morgan fingerprint density at radius 1 is 0.833 bits per heavy atom. The minimum Gasteiger partial charge on any atom is -0.275 e. The first-order valence-electron chi connectivity index (χ1n) is 5.67. The van der Waals surface area contributed by atoms with Gasteiger partial charge in [-0.15, -0.1) is 5.10 Å². The lowest BCUT2D eigenvalue weighted by Crippen LogP contribution is -1.96. The molecular weight excluding hydrogens is 226 g/mol. The van der Waals surface area contributed by atoms with E-state index in [9.17, 15) is 0 Å². The van der Waals surface area contributed by atoms with Gasteiger partial charge in [-0.25, -0.2) is 0 Å².